The molecule has 2 aromatic rings. The number of pyridine rings is 1. The lowest BCUT2D eigenvalue weighted by Gasteiger charge is -2.07. The number of benzene rings is 1. The first-order valence-electron chi connectivity index (χ1n) is 7.14. The van der Waals surface area contributed by atoms with E-state index < -0.39 is 9.84 Å². The molecule has 0 saturated carbocycles. The van der Waals surface area contributed by atoms with E-state index in [0.717, 1.165) is 5.56 Å². The van der Waals surface area contributed by atoms with Gasteiger partial charge in [-0.25, -0.2) is 13.4 Å². The number of amides is 1. The van der Waals surface area contributed by atoms with Gasteiger partial charge in [-0.3, -0.25) is 4.79 Å². The molecule has 0 radical (unpaired) electrons. The minimum absolute atomic E-state index is 0.117. The van der Waals surface area contributed by atoms with Crippen molar-refractivity contribution < 1.29 is 17.9 Å². The third kappa shape index (κ3) is 5.21. The smallest absolute Gasteiger partial charge is 0.221 e. The van der Waals surface area contributed by atoms with E-state index in [4.69, 9.17) is 16.3 Å². The summed E-state index contributed by atoms with van der Waals surface area (Å²) in [6.45, 7) is 0.275. The Labute approximate surface area is 145 Å². The van der Waals surface area contributed by atoms with Crippen LogP contribution in [-0.4, -0.2) is 32.2 Å². The second-order valence-corrected chi connectivity index (χ2v) is 7.55. The third-order valence-electron chi connectivity index (χ3n) is 3.27. The molecule has 0 aliphatic rings. The Hall–Kier alpha value is -2.12. The van der Waals surface area contributed by atoms with Gasteiger partial charge in [-0.2, -0.15) is 0 Å². The Morgan fingerprint density at radius 2 is 1.92 bits per heavy atom. The van der Waals surface area contributed by atoms with Gasteiger partial charge in [-0.1, -0.05) is 17.7 Å². The molecule has 1 N–H and O–H groups in total. The zero-order valence-electron chi connectivity index (χ0n) is 13.0. The topological polar surface area (TPSA) is 85.4 Å². The van der Waals surface area contributed by atoms with Gasteiger partial charge in [0.25, 0.3) is 0 Å². The first kappa shape index (κ1) is 18.2. The first-order chi connectivity index (χ1) is 11.4. The highest BCUT2D eigenvalue weighted by atomic mass is 35.5. The van der Waals surface area contributed by atoms with Crippen LogP contribution in [0.25, 0.3) is 0 Å². The summed E-state index contributed by atoms with van der Waals surface area (Å²) in [7, 11) is -1.99. The lowest BCUT2D eigenvalue weighted by atomic mass is 10.3. The summed E-state index contributed by atoms with van der Waals surface area (Å²) < 4.78 is 29.2. The summed E-state index contributed by atoms with van der Waals surface area (Å²) in [4.78, 5) is 16.0. The number of methoxy groups -OCH3 is 1. The normalized spacial score (nSPS) is 11.1. The van der Waals surface area contributed by atoms with Crippen molar-refractivity contribution in [2.24, 2.45) is 0 Å². The highest BCUT2D eigenvalue weighted by Gasteiger charge is 2.16. The highest BCUT2D eigenvalue weighted by molar-refractivity contribution is 7.91. The highest BCUT2D eigenvalue weighted by Crippen LogP contribution is 2.16. The van der Waals surface area contributed by atoms with Crippen LogP contribution in [0.2, 0.25) is 5.02 Å². The number of sulfone groups is 1. The molecule has 0 aliphatic carbocycles. The van der Waals surface area contributed by atoms with Crippen molar-refractivity contribution in [3.63, 3.8) is 0 Å². The molecule has 2 rings (SSSR count). The summed E-state index contributed by atoms with van der Waals surface area (Å²) >= 11 is 5.74. The molecule has 1 aromatic heterocycles. The maximum atomic E-state index is 12.1. The molecule has 6 nitrogen and oxygen atoms in total. The zero-order valence-corrected chi connectivity index (χ0v) is 14.6. The van der Waals surface area contributed by atoms with Crippen molar-refractivity contribution in [3.05, 3.63) is 53.2 Å². The van der Waals surface area contributed by atoms with E-state index in [-0.39, 0.29) is 29.5 Å². The fraction of sp³-hybridized carbons (Fsp3) is 0.250. The number of aromatic nitrogens is 1. The minimum atomic E-state index is -3.51. The summed E-state index contributed by atoms with van der Waals surface area (Å²) in [5.74, 6) is -0.121. The van der Waals surface area contributed by atoms with Gasteiger partial charge in [0.05, 0.1) is 17.8 Å². The molecule has 0 atom stereocenters. The monoisotopic (exact) mass is 368 g/mol. The molecule has 128 valence electrons. The second kappa shape index (κ2) is 8.12. The predicted octanol–water partition coefficient (Wildman–Crippen LogP) is 2.22. The lowest BCUT2D eigenvalue weighted by Crippen LogP contribution is -2.25. The molecule has 8 heteroatoms. The number of hydrogen-bond donors (Lipinski definition) is 1. The van der Waals surface area contributed by atoms with E-state index in [2.05, 4.69) is 10.3 Å². The quantitative estimate of drug-likeness (QED) is 0.809. The third-order valence-corrected chi connectivity index (χ3v) is 5.25. The van der Waals surface area contributed by atoms with Crippen molar-refractivity contribution in [2.75, 3.05) is 12.9 Å². The van der Waals surface area contributed by atoms with Gasteiger partial charge >= 0.3 is 0 Å². The molecular weight excluding hydrogens is 352 g/mol. The fourth-order valence-corrected chi connectivity index (χ4v) is 3.28. The Morgan fingerprint density at radius 1 is 1.21 bits per heavy atom. The number of halogens is 1. The van der Waals surface area contributed by atoms with Gasteiger partial charge in [0.2, 0.25) is 11.8 Å². The molecule has 0 unspecified atom stereocenters. The van der Waals surface area contributed by atoms with Gasteiger partial charge in [0.1, 0.15) is 0 Å². The average molecular weight is 369 g/mol. The van der Waals surface area contributed by atoms with Crippen LogP contribution >= 0.6 is 11.6 Å². The van der Waals surface area contributed by atoms with Crippen molar-refractivity contribution in [2.45, 2.75) is 17.9 Å². The Morgan fingerprint density at radius 3 is 2.50 bits per heavy atom. The fourth-order valence-electron chi connectivity index (χ4n) is 1.91. The summed E-state index contributed by atoms with van der Waals surface area (Å²) in [6, 6.07) is 9.33. The van der Waals surface area contributed by atoms with Crippen LogP contribution in [0, 0.1) is 0 Å². The maximum absolute atomic E-state index is 12.1. The van der Waals surface area contributed by atoms with Crippen LogP contribution in [0.1, 0.15) is 12.0 Å². The van der Waals surface area contributed by atoms with Gasteiger partial charge in [0, 0.05) is 30.3 Å². The van der Waals surface area contributed by atoms with Crippen LogP contribution in [0.3, 0.4) is 0 Å². The number of ether oxygens (including phenoxy) is 1. The van der Waals surface area contributed by atoms with Crippen LogP contribution in [0.15, 0.2) is 47.5 Å². The van der Waals surface area contributed by atoms with Crippen LogP contribution in [0.4, 0.5) is 0 Å². The summed E-state index contributed by atoms with van der Waals surface area (Å²) in [5, 5.41) is 3.12. The molecule has 0 spiro atoms. The Balaban J connectivity index is 1.84. The molecule has 0 bridgehead atoms. The Bertz CT molecular complexity index is 790. The van der Waals surface area contributed by atoms with E-state index in [9.17, 15) is 13.2 Å². The van der Waals surface area contributed by atoms with Gasteiger partial charge < -0.3 is 10.1 Å². The van der Waals surface area contributed by atoms with Gasteiger partial charge in [0.15, 0.2) is 9.84 Å². The average Bonchev–Trinajstić information content (AvgIpc) is 2.59. The van der Waals surface area contributed by atoms with E-state index in [0.29, 0.717) is 10.9 Å². The zero-order chi connectivity index (χ0) is 17.6. The van der Waals surface area contributed by atoms with E-state index >= 15 is 0 Å². The second-order valence-electron chi connectivity index (χ2n) is 5.01. The Kier molecular flexibility index (Phi) is 6.16. The minimum Gasteiger partial charge on any atom is -0.481 e. The van der Waals surface area contributed by atoms with E-state index in [1.54, 1.807) is 18.3 Å². The van der Waals surface area contributed by atoms with Crippen LogP contribution in [0.5, 0.6) is 5.88 Å². The van der Waals surface area contributed by atoms with Crippen molar-refractivity contribution in [1.82, 2.24) is 10.3 Å². The predicted molar refractivity (Wildman–Crippen MR) is 90.8 cm³/mol. The summed E-state index contributed by atoms with van der Waals surface area (Å²) in [5.41, 5.74) is 0.796. The number of nitrogens with zero attached hydrogens (tertiary/aromatic N) is 1. The molecule has 0 aliphatic heterocycles. The van der Waals surface area contributed by atoms with Gasteiger partial charge in [-0.15, -0.1) is 0 Å². The first-order valence-corrected chi connectivity index (χ1v) is 9.18. The standard InChI is InChI=1S/C16H17ClN2O4S/c1-23-16-7-2-12(11-19-16)10-18-15(20)8-9-24(21,22)14-5-3-13(17)4-6-14/h2-7,11H,8-10H2,1H3,(H,18,20). The molecule has 24 heavy (non-hydrogen) atoms. The number of nitrogens with one attached hydrogen (secondary N) is 1. The van der Waals surface area contributed by atoms with Crippen molar-refractivity contribution in [3.8, 4) is 5.88 Å². The number of carbonyl (C=O) groups excluding carboxylic acids is 1. The van der Waals surface area contributed by atoms with Gasteiger partial charge in [-0.05, 0) is 29.8 Å². The van der Waals surface area contributed by atoms with Crippen molar-refractivity contribution >= 4 is 27.3 Å². The summed E-state index contributed by atoms with van der Waals surface area (Å²) in [6.07, 6.45) is 1.47. The van der Waals surface area contributed by atoms with Crippen LogP contribution < -0.4 is 10.1 Å². The maximum Gasteiger partial charge on any atom is 0.221 e. The van der Waals surface area contributed by atoms with Crippen LogP contribution in [-0.2, 0) is 21.2 Å². The van der Waals surface area contributed by atoms with Crippen molar-refractivity contribution in [1.29, 1.82) is 0 Å². The van der Waals surface area contributed by atoms with E-state index in [1.807, 2.05) is 0 Å². The molecule has 1 heterocycles. The molecule has 1 amide bonds. The number of rotatable bonds is 7. The molecule has 0 saturated heterocycles. The molecule has 1 aromatic carbocycles. The van der Waals surface area contributed by atoms with E-state index in [1.165, 1.54) is 31.4 Å². The number of carbonyl (C=O) groups is 1. The SMILES string of the molecule is COc1ccc(CNC(=O)CCS(=O)(=O)c2ccc(Cl)cc2)cn1. The largest absolute Gasteiger partial charge is 0.481 e. The number of hydrogen-bond acceptors (Lipinski definition) is 5. The molecule has 0 fully saturated rings. The lowest BCUT2D eigenvalue weighted by molar-refractivity contribution is -0.120. The molecular formula is C16H17ClN2O4S.